The van der Waals surface area contributed by atoms with Gasteiger partial charge in [0.25, 0.3) is 0 Å². The number of anilines is 1. The maximum atomic E-state index is 11.9. The molecule has 5 nitrogen and oxygen atoms in total. The van der Waals surface area contributed by atoms with Crippen molar-refractivity contribution >= 4 is 17.5 Å². The summed E-state index contributed by atoms with van der Waals surface area (Å²) in [4.78, 5) is 22.6. The van der Waals surface area contributed by atoms with Crippen molar-refractivity contribution in [1.29, 1.82) is 0 Å². The van der Waals surface area contributed by atoms with Crippen molar-refractivity contribution in [2.24, 2.45) is 5.73 Å². The van der Waals surface area contributed by atoms with Gasteiger partial charge in [0.1, 0.15) is 12.4 Å². The van der Waals surface area contributed by atoms with Crippen LogP contribution in [-0.2, 0) is 22.4 Å². The standard InChI is InChI=1S/C19H22N2O3/c1-4-7-14-12-15(8-5-2)17(24-11-6-3)13-16(14)21-19(23)10-9-18(20)22/h4-6,9-10,12-13H,1-3,7-8,11H2,(H2,20,22)(H,21,23). The summed E-state index contributed by atoms with van der Waals surface area (Å²) in [6, 6.07) is 3.69. The molecule has 1 aromatic rings. The highest BCUT2D eigenvalue weighted by atomic mass is 16.5. The van der Waals surface area contributed by atoms with Crippen LogP contribution in [0.5, 0.6) is 5.75 Å². The minimum atomic E-state index is -0.687. The number of hydrogen-bond acceptors (Lipinski definition) is 3. The number of nitrogens with one attached hydrogen (secondary N) is 1. The van der Waals surface area contributed by atoms with Crippen LogP contribution < -0.4 is 15.8 Å². The zero-order valence-corrected chi connectivity index (χ0v) is 13.6. The van der Waals surface area contributed by atoms with Crippen LogP contribution in [0.15, 0.2) is 62.2 Å². The van der Waals surface area contributed by atoms with E-state index in [-0.39, 0.29) is 0 Å². The van der Waals surface area contributed by atoms with Crippen molar-refractivity contribution in [1.82, 2.24) is 0 Å². The first-order chi connectivity index (χ1) is 11.5. The second kappa shape index (κ2) is 9.84. The van der Waals surface area contributed by atoms with Gasteiger partial charge in [-0.05, 0) is 30.0 Å². The van der Waals surface area contributed by atoms with Gasteiger partial charge in [0.05, 0.1) is 0 Å². The molecule has 5 heteroatoms. The van der Waals surface area contributed by atoms with Crippen molar-refractivity contribution in [3.05, 3.63) is 73.4 Å². The molecule has 0 aliphatic rings. The molecule has 2 amide bonds. The Bertz CT molecular complexity index is 675. The van der Waals surface area contributed by atoms with Gasteiger partial charge in [0.15, 0.2) is 0 Å². The Hall–Kier alpha value is -3.08. The molecule has 3 N–H and O–H groups in total. The van der Waals surface area contributed by atoms with Gasteiger partial charge in [0.2, 0.25) is 11.8 Å². The zero-order valence-electron chi connectivity index (χ0n) is 13.6. The lowest BCUT2D eigenvalue weighted by Gasteiger charge is -2.15. The van der Waals surface area contributed by atoms with E-state index in [1.165, 1.54) is 0 Å². The monoisotopic (exact) mass is 326 g/mol. The highest BCUT2D eigenvalue weighted by molar-refractivity contribution is 6.03. The Kier molecular flexibility index (Phi) is 7.78. The Morgan fingerprint density at radius 3 is 2.29 bits per heavy atom. The molecule has 0 aliphatic heterocycles. The van der Waals surface area contributed by atoms with Gasteiger partial charge >= 0.3 is 0 Å². The fourth-order valence-corrected chi connectivity index (χ4v) is 2.05. The molecule has 1 rings (SSSR count). The highest BCUT2D eigenvalue weighted by Crippen LogP contribution is 2.29. The van der Waals surface area contributed by atoms with Crippen molar-refractivity contribution < 1.29 is 14.3 Å². The van der Waals surface area contributed by atoms with Crippen molar-refractivity contribution in [3.8, 4) is 5.75 Å². The molecule has 0 fully saturated rings. The van der Waals surface area contributed by atoms with E-state index in [9.17, 15) is 9.59 Å². The normalized spacial score (nSPS) is 10.2. The third-order valence-corrected chi connectivity index (χ3v) is 3.03. The molecule has 0 unspecified atom stereocenters. The van der Waals surface area contributed by atoms with Crippen LogP contribution in [0.3, 0.4) is 0 Å². The van der Waals surface area contributed by atoms with Crippen LogP contribution in [0.25, 0.3) is 0 Å². The fraction of sp³-hybridized carbons (Fsp3) is 0.158. The molecule has 0 saturated carbocycles. The number of hydrogen-bond donors (Lipinski definition) is 2. The van der Waals surface area contributed by atoms with Gasteiger partial charge < -0.3 is 15.8 Å². The summed E-state index contributed by atoms with van der Waals surface area (Å²) in [5, 5.41) is 2.72. The van der Waals surface area contributed by atoms with Crippen molar-refractivity contribution in [2.75, 3.05) is 11.9 Å². The molecule has 0 aromatic heterocycles. The Balaban J connectivity index is 3.20. The molecular weight excluding hydrogens is 304 g/mol. The topological polar surface area (TPSA) is 81.4 Å². The number of primary amides is 1. The summed E-state index contributed by atoms with van der Waals surface area (Å²) in [6.07, 6.45) is 8.45. The Morgan fingerprint density at radius 2 is 1.71 bits per heavy atom. The third kappa shape index (κ3) is 5.96. The zero-order chi connectivity index (χ0) is 17.9. The molecular formula is C19H22N2O3. The van der Waals surface area contributed by atoms with Gasteiger partial charge in [-0.3, -0.25) is 9.59 Å². The first-order valence-corrected chi connectivity index (χ1v) is 7.41. The second-order valence-corrected chi connectivity index (χ2v) is 4.93. The number of carbonyl (C=O) groups excluding carboxylic acids is 2. The molecule has 0 aliphatic carbocycles. The van der Waals surface area contributed by atoms with E-state index in [2.05, 4.69) is 25.1 Å². The number of amides is 2. The Labute approximate surface area is 142 Å². The molecule has 126 valence electrons. The smallest absolute Gasteiger partial charge is 0.248 e. The maximum Gasteiger partial charge on any atom is 0.248 e. The van der Waals surface area contributed by atoms with Crippen molar-refractivity contribution in [3.63, 3.8) is 0 Å². The maximum absolute atomic E-state index is 11.9. The predicted octanol–water partition coefficient (Wildman–Crippen LogP) is 2.69. The summed E-state index contributed by atoms with van der Waals surface area (Å²) in [6.45, 7) is 11.5. The number of allylic oxidation sites excluding steroid dienone is 2. The van der Waals surface area contributed by atoms with E-state index in [1.807, 2.05) is 6.07 Å². The van der Waals surface area contributed by atoms with E-state index < -0.39 is 11.8 Å². The number of rotatable bonds is 10. The number of carbonyl (C=O) groups is 2. The van der Waals surface area contributed by atoms with Crippen LogP contribution in [0.1, 0.15) is 11.1 Å². The lowest BCUT2D eigenvalue weighted by molar-refractivity contribution is -0.115. The molecule has 0 saturated heterocycles. The van der Waals surface area contributed by atoms with E-state index >= 15 is 0 Å². The van der Waals surface area contributed by atoms with Crippen LogP contribution in [0, 0.1) is 0 Å². The number of benzene rings is 1. The molecule has 0 spiro atoms. The quantitative estimate of drug-likeness (QED) is 0.512. The number of nitrogens with two attached hydrogens (primary N) is 1. The number of ether oxygens (including phenoxy) is 1. The summed E-state index contributed by atoms with van der Waals surface area (Å²) in [5.41, 5.74) is 7.41. The first-order valence-electron chi connectivity index (χ1n) is 7.41. The molecule has 1 aromatic carbocycles. The lowest BCUT2D eigenvalue weighted by Crippen LogP contribution is -2.13. The second-order valence-electron chi connectivity index (χ2n) is 4.93. The van der Waals surface area contributed by atoms with Crippen LogP contribution in [0.4, 0.5) is 5.69 Å². The van der Waals surface area contributed by atoms with Gasteiger partial charge in [0, 0.05) is 23.9 Å². The van der Waals surface area contributed by atoms with E-state index in [0.717, 1.165) is 23.3 Å². The molecule has 0 heterocycles. The molecule has 0 radical (unpaired) electrons. The third-order valence-electron chi connectivity index (χ3n) is 3.03. The van der Waals surface area contributed by atoms with Crippen LogP contribution in [0.2, 0.25) is 0 Å². The Morgan fingerprint density at radius 1 is 1.04 bits per heavy atom. The summed E-state index contributed by atoms with van der Waals surface area (Å²) in [7, 11) is 0. The minimum Gasteiger partial charge on any atom is -0.489 e. The summed E-state index contributed by atoms with van der Waals surface area (Å²) in [5.74, 6) is -0.505. The molecule has 0 bridgehead atoms. The van der Waals surface area contributed by atoms with Crippen LogP contribution >= 0.6 is 0 Å². The highest BCUT2D eigenvalue weighted by Gasteiger charge is 2.11. The van der Waals surface area contributed by atoms with Crippen LogP contribution in [-0.4, -0.2) is 18.4 Å². The summed E-state index contributed by atoms with van der Waals surface area (Å²) < 4.78 is 5.66. The first kappa shape index (κ1) is 19.0. The van der Waals surface area contributed by atoms with Gasteiger partial charge in [-0.1, -0.05) is 24.8 Å². The largest absolute Gasteiger partial charge is 0.489 e. The van der Waals surface area contributed by atoms with Gasteiger partial charge in [-0.25, -0.2) is 0 Å². The van der Waals surface area contributed by atoms with E-state index in [0.29, 0.717) is 30.9 Å². The summed E-state index contributed by atoms with van der Waals surface area (Å²) >= 11 is 0. The SMILES string of the molecule is C=CCOc1cc(NC(=O)C=CC(N)=O)c(CC=C)cc1CC=C. The lowest BCUT2D eigenvalue weighted by atomic mass is 10.0. The predicted molar refractivity (Wildman–Crippen MR) is 96.9 cm³/mol. The van der Waals surface area contributed by atoms with Gasteiger partial charge in [-0.2, -0.15) is 0 Å². The molecule has 0 atom stereocenters. The van der Waals surface area contributed by atoms with E-state index in [1.54, 1.807) is 24.3 Å². The minimum absolute atomic E-state index is 0.347. The molecule has 24 heavy (non-hydrogen) atoms. The van der Waals surface area contributed by atoms with E-state index in [4.69, 9.17) is 10.5 Å². The van der Waals surface area contributed by atoms with Gasteiger partial charge in [-0.15, -0.1) is 13.2 Å². The van der Waals surface area contributed by atoms with Crippen molar-refractivity contribution in [2.45, 2.75) is 12.8 Å². The average molecular weight is 326 g/mol. The average Bonchev–Trinajstić information content (AvgIpc) is 2.54. The fourth-order valence-electron chi connectivity index (χ4n) is 2.05.